The average Bonchev–Trinajstić information content (AvgIpc) is 3.45. The van der Waals surface area contributed by atoms with E-state index in [1.165, 1.54) is 18.2 Å². The predicted molar refractivity (Wildman–Crippen MR) is 140 cm³/mol. The van der Waals surface area contributed by atoms with Gasteiger partial charge < -0.3 is 20.7 Å². The molecule has 4 rings (SSSR count). The number of anilines is 2. The first-order chi connectivity index (χ1) is 18.7. The highest BCUT2D eigenvalue weighted by atomic mass is 32.2. The maximum absolute atomic E-state index is 14.2. The summed E-state index contributed by atoms with van der Waals surface area (Å²) < 4.78 is 55.6. The van der Waals surface area contributed by atoms with Gasteiger partial charge in [-0.3, -0.25) is 24.0 Å². The van der Waals surface area contributed by atoms with Crippen molar-refractivity contribution in [3.63, 3.8) is 0 Å². The third-order valence-electron chi connectivity index (χ3n) is 6.93. The number of amides is 4. The van der Waals surface area contributed by atoms with Crippen molar-refractivity contribution < 1.29 is 36.4 Å². The van der Waals surface area contributed by atoms with Crippen LogP contribution in [0.1, 0.15) is 56.1 Å². The van der Waals surface area contributed by atoms with Crippen molar-refractivity contribution in [3.8, 4) is 0 Å². The second-order valence-electron chi connectivity index (χ2n) is 11.3. The number of nitrogens with zero attached hydrogens (tertiary/aromatic N) is 2. The summed E-state index contributed by atoms with van der Waals surface area (Å²) in [6.45, 7) is 1.30. The van der Waals surface area contributed by atoms with Gasteiger partial charge in [-0.15, -0.1) is 0 Å². The van der Waals surface area contributed by atoms with Gasteiger partial charge in [-0.25, -0.2) is 13.2 Å². The first-order valence-corrected chi connectivity index (χ1v) is 14.2. The zero-order chi connectivity index (χ0) is 30.7. The van der Waals surface area contributed by atoms with E-state index in [0.29, 0.717) is 16.2 Å². The molecule has 2 fully saturated rings. The molecule has 0 unspecified atom stereocenters. The summed E-state index contributed by atoms with van der Waals surface area (Å²) in [6.07, 6.45) is 1.05. The van der Waals surface area contributed by atoms with E-state index in [0.717, 1.165) is 24.0 Å². The van der Waals surface area contributed by atoms with Gasteiger partial charge in [0.1, 0.15) is 17.7 Å². The topological polar surface area (TPSA) is 168 Å². The molecule has 3 atom stereocenters. The van der Waals surface area contributed by atoms with Crippen molar-refractivity contribution in [1.29, 1.82) is 0 Å². The fraction of sp³-hybridized carbons (Fsp3) is 0.600. The lowest BCUT2D eigenvalue weighted by molar-refractivity contribution is -0.141. The molecule has 4 amide bonds. The van der Waals surface area contributed by atoms with Crippen LogP contribution >= 0.6 is 0 Å². The minimum absolute atomic E-state index is 0.0139. The van der Waals surface area contributed by atoms with E-state index >= 15 is 0 Å². The van der Waals surface area contributed by atoms with Crippen LogP contribution in [-0.2, 0) is 34.6 Å². The molecule has 1 aliphatic carbocycles. The molecule has 1 saturated heterocycles. The van der Waals surface area contributed by atoms with Crippen LogP contribution in [0, 0.1) is 5.92 Å². The third kappa shape index (κ3) is 5.57. The zero-order valence-electron chi connectivity index (χ0n) is 24.7. The predicted octanol–water partition coefficient (Wildman–Crippen LogP) is 1.37. The summed E-state index contributed by atoms with van der Waals surface area (Å²) in [4.78, 5) is 54.9. The normalized spacial score (nSPS) is 25.1. The third-order valence-corrected chi connectivity index (χ3v) is 7.54. The summed E-state index contributed by atoms with van der Waals surface area (Å²) in [5, 5.41) is 2.72. The van der Waals surface area contributed by atoms with Gasteiger partial charge in [0.15, 0.2) is 0 Å². The van der Waals surface area contributed by atoms with Crippen LogP contribution < -0.4 is 15.8 Å². The lowest BCUT2D eigenvalue weighted by Crippen LogP contribution is -2.54. The Bertz CT molecular complexity index is 1390. The number of nitrogens with two attached hydrogens (primary N) is 1. The highest BCUT2D eigenvalue weighted by Crippen LogP contribution is 2.48. The molecule has 13 heteroatoms. The largest absolute Gasteiger partial charge is 0.444 e. The fourth-order valence-electron chi connectivity index (χ4n) is 5.06. The maximum atomic E-state index is 14.2. The summed E-state index contributed by atoms with van der Waals surface area (Å²) in [6, 6.07) is 1.61. The molecule has 1 aromatic rings. The quantitative estimate of drug-likeness (QED) is 0.459. The number of carbonyl (C=O) groups is 4. The number of hydrogen-bond donors (Lipinski definition) is 3. The number of nitrogens with one attached hydrogen (secondary N) is 2. The van der Waals surface area contributed by atoms with Gasteiger partial charge in [0, 0.05) is 29.0 Å². The molecular formula is C25H35N5O7S. The van der Waals surface area contributed by atoms with Gasteiger partial charge in [0.25, 0.3) is 0 Å². The lowest BCUT2D eigenvalue weighted by Gasteiger charge is -2.34. The van der Waals surface area contributed by atoms with Crippen molar-refractivity contribution in [2.45, 2.75) is 69.6 Å². The number of benzene rings is 1. The number of primary amides is 1. The lowest BCUT2D eigenvalue weighted by atomic mass is 9.79. The molecule has 38 heavy (non-hydrogen) atoms. The Balaban J connectivity index is 1.75. The SMILES string of the molecule is [2H]C([2H])([2H])N(C(=O)OC(C)(C)C)[C@@H](CC1CC1)C(=O)N1C[C@]2(C[C@H]1C(N)=O)C(=O)Nc1ccc(NS(C)(=O)=O)cc12. The minimum atomic E-state index is -3.65. The molecule has 208 valence electrons. The van der Waals surface area contributed by atoms with Crippen molar-refractivity contribution in [1.82, 2.24) is 9.80 Å². The Labute approximate surface area is 226 Å². The molecule has 12 nitrogen and oxygen atoms in total. The highest BCUT2D eigenvalue weighted by Gasteiger charge is 2.58. The number of hydrogen-bond acceptors (Lipinski definition) is 7. The van der Waals surface area contributed by atoms with Crippen molar-refractivity contribution >= 4 is 45.2 Å². The molecular weight excluding hydrogens is 514 g/mol. The smallest absolute Gasteiger partial charge is 0.410 e. The van der Waals surface area contributed by atoms with Crippen molar-refractivity contribution in [2.24, 2.45) is 11.7 Å². The number of ether oxygens (including phenoxy) is 1. The van der Waals surface area contributed by atoms with Gasteiger partial charge in [-0.1, -0.05) is 12.8 Å². The number of likely N-dealkylation sites (tertiary alicyclic amines) is 1. The zero-order valence-corrected chi connectivity index (χ0v) is 22.6. The maximum Gasteiger partial charge on any atom is 0.410 e. The Kier molecular flexibility index (Phi) is 5.90. The Morgan fingerprint density at radius 2 is 2.03 bits per heavy atom. The van der Waals surface area contributed by atoms with Gasteiger partial charge >= 0.3 is 6.09 Å². The van der Waals surface area contributed by atoms with Crippen LogP contribution in [0.25, 0.3) is 0 Å². The van der Waals surface area contributed by atoms with Crippen LogP contribution in [0.15, 0.2) is 18.2 Å². The molecule has 0 aromatic heterocycles. The monoisotopic (exact) mass is 552 g/mol. The number of fused-ring (bicyclic) bond motifs is 2. The summed E-state index contributed by atoms with van der Waals surface area (Å²) >= 11 is 0. The highest BCUT2D eigenvalue weighted by molar-refractivity contribution is 7.92. The van der Waals surface area contributed by atoms with E-state index in [1.54, 1.807) is 20.8 Å². The number of sulfonamides is 1. The molecule has 1 spiro atoms. The number of likely N-dealkylation sites (N-methyl/N-ethyl adjacent to an activating group) is 1. The van der Waals surface area contributed by atoms with Crippen LogP contribution in [0.5, 0.6) is 0 Å². The van der Waals surface area contributed by atoms with E-state index in [9.17, 15) is 27.6 Å². The molecule has 2 aliphatic heterocycles. The van der Waals surface area contributed by atoms with Crippen LogP contribution in [0.2, 0.25) is 0 Å². The van der Waals surface area contributed by atoms with E-state index in [4.69, 9.17) is 14.6 Å². The van der Waals surface area contributed by atoms with Gasteiger partial charge in [0.2, 0.25) is 27.7 Å². The standard InChI is InChI=1S/C25H35N5O7S/c1-24(2,3)37-23(34)29(4)18(10-14-6-7-14)21(32)30-13-25(12-19(30)20(26)31)16-11-15(28-38(5,35)36)8-9-17(16)27-22(25)33/h8-9,11,14,18-19,28H,6-7,10,12-13H2,1-5H3,(H2,26,31)(H,27,33)/t18-,19-,25-/m0/s1/i4D3. The molecule has 1 saturated carbocycles. The minimum Gasteiger partial charge on any atom is -0.444 e. The molecule has 0 radical (unpaired) electrons. The molecule has 4 N–H and O–H groups in total. The number of rotatable bonds is 7. The van der Waals surface area contributed by atoms with Gasteiger partial charge in [-0.05, 0) is 63.3 Å². The average molecular weight is 553 g/mol. The van der Waals surface area contributed by atoms with Gasteiger partial charge in [-0.2, -0.15) is 0 Å². The van der Waals surface area contributed by atoms with Crippen molar-refractivity contribution in [3.05, 3.63) is 23.8 Å². The molecule has 1 aromatic carbocycles. The molecule has 3 aliphatic rings. The number of carbonyl (C=O) groups excluding carboxylic acids is 4. The van der Waals surface area contributed by atoms with Crippen LogP contribution in [0.3, 0.4) is 0 Å². The first kappa shape index (κ1) is 23.7. The fourth-order valence-corrected chi connectivity index (χ4v) is 5.61. The molecule has 2 heterocycles. The summed E-state index contributed by atoms with van der Waals surface area (Å²) in [7, 11) is -3.65. The van der Waals surface area contributed by atoms with E-state index in [2.05, 4.69) is 10.0 Å². The van der Waals surface area contributed by atoms with Gasteiger partial charge in [0.05, 0.1) is 11.7 Å². The second kappa shape index (κ2) is 9.44. The van der Waals surface area contributed by atoms with E-state index in [1.807, 2.05) is 0 Å². The Hall–Kier alpha value is -3.35. The van der Waals surface area contributed by atoms with E-state index in [-0.39, 0.29) is 31.0 Å². The van der Waals surface area contributed by atoms with Crippen LogP contribution in [0.4, 0.5) is 16.2 Å². The summed E-state index contributed by atoms with van der Waals surface area (Å²) in [5.74, 6) is -2.29. The second-order valence-corrected chi connectivity index (χ2v) is 13.1. The van der Waals surface area contributed by atoms with Crippen LogP contribution in [-0.4, -0.2) is 79.5 Å². The Morgan fingerprint density at radius 3 is 2.58 bits per heavy atom. The first-order valence-electron chi connectivity index (χ1n) is 13.8. The van der Waals surface area contributed by atoms with Crippen molar-refractivity contribution in [2.75, 3.05) is 29.8 Å². The van der Waals surface area contributed by atoms with E-state index < -0.39 is 63.9 Å². The summed E-state index contributed by atoms with van der Waals surface area (Å²) in [5.41, 5.74) is 4.08. The molecule has 0 bridgehead atoms. The Morgan fingerprint density at radius 1 is 1.34 bits per heavy atom.